The van der Waals surface area contributed by atoms with Crippen LogP contribution in [0.1, 0.15) is 19.7 Å². The summed E-state index contributed by atoms with van der Waals surface area (Å²) < 4.78 is 7.82. The number of guanidine groups is 1. The molecule has 0 spiro atoms. The highest BCUT2D eigenvalue weighted by Crippen LogP contribution is 2.10. The van der Waals surface area contributed by atoms with Crippen molar-refractivity contribution in [1.82, 2.24) is 25.2 Å². The molecule has 0 aliphatic carbocycles. The maximum atomic E-state index is 5.88. The molecule has 27 heavy (non-hydrogen) atoms. The van der Waals surface area contributed by atoms with Crippen LogP contribution in [0.4, 0.5) is 0 Å². The van der Waals surface area contributed by atoms with Gasteiger partial charge in [0.25, 0.3) is 0 Å². The van der Waals surface area contributed by atoms with Crippen molar-refractivity contribution in [2.24, 2.45) is 4.99 Å². The molecule has 144 valence electrons. The fraction of sp³-hybridized carbons (Fsp3) is 0.316. The summed E-state index contributed by atoms with van der Waals surface area (Å²) in [5, 5.41) is 14.9. The Hall–Kier alpha value is -2.36. The molecule has 1 atom stereocenters. The van der Waals surface area contributed by atoms with Crippen LogP contribution in [0.15, 0.2) is 59.7 Å². The van der Waals surface area contributed by atoms with Gasteiger partial charge >= 0.3 is 0 Å². The van der Waals surface area contributed by atoms with Gasteiger partial charge in [0.15, 0.2) is 17.4 Å². The number of nitrogens with zero attached hydrogens (tertiary/aromatic N) is 4. The topological polar surface area (TPSA) is 75.8 Å². The van der Waals surface area contributed by atoms with Crippen LogP contribution in [0, 0.1) is 0 Å². The molecule has 0 aliphatic heterocycles. The fourth-order valence-electron chi connectivity index (χ4n) is 2.50. The van der Waals surface area contributed by atoms with E-state index < -0.39 is 0 Å². The molecule has 3 rings (SSSR count). The number of aliphatic imine (C=N–C) groups is 1. The normalized spacial score (nSPS) is 12.3. The number of hydrogen-bond donors (Lipinski definition) is 2. The number of fused-ring (bicyclic) bond motifs is 1. The van der Waals surface area contributed by atoms with Crippen molar-refractivity contribution in [1.29, 1.82) is 0 Å². The quantitative estimate of drug-likeness (QED) is 0.309. The molecule has 0 fully saturated rings. The third-order valence-electron chi connectivity index (χ3n) is 3.74. The minimum absolute atomic E-state index is 0. The van der Waals surface area contributed by atoms with E-state index in [9.17, 15) is 0 Å². The molecule has 1 aromatic carbocycles. The van der Waals surface area contributed by atoms with E-state index in [-0.39, 0.29) is 30.1 Å². The summed E-state index contributed by atoms with van der Waals surface area (Å²) in [5.41, 5.74) is 0.820. The number of pyridine rings is 1. The highest BCUT2D eigenvalue weighted by Gasteiger charge is 2.07. The average molecular weight is 480 g/mol. The average Bonchev–Trinajstić information content (AvgIpc) is 3.08. The summed E-state index contributed by atoms with van der Waals surface area (Å²) in [7, 11) is 0. The summed E-state index contributed by atoms with van der Waals surface area (Å²) in [4.78, 5) is 4.60. The largest absolute Gasteiger partial charge is 0.489 e. The lowest BCUT2D eigenvalue weighted by molar-refractivity contribution is 0.224. The molecule has 0 radical (unpaired) electrons. The second kappa shape index (κ2) is 10.7. The third kappa shape index (κ3) is 6.09. The van der Waals surface area contributed by atoms with Crippen LogP contribution in [-0.4, -0.2) is 39.8 Å². The van der Waals surface area contributed by atoms with E-state index in [0.717, 1.165) is 29.7 Å². The van der Waals surface area contributed by atoms with E-state index in [1.54, 1.807) is 0 Å². The SMILES string of the molecule is CCNC(=NCc1nnc2ccccn12)NCC(C)Oc1ccccc1.I. The number of ether oxygens (including phenoxy) is 1. The molecule has 0 amide bonds. The molecule has 2 heterocycles. The number of nitrogens with one attached hydrogen (secondary N) is 2. The number of rotatable bonds is 7. The van der Waals surface area contributed by atoms with Crippen LogP contribution in [0.5, 0.6) is 5.75 Å². The highest BCUT2D eigenvalue weighted by atomic mass is 127. The summed E-state index contributed by atoms with van der Waals surface area (Å²) in [6, 6.07) is 15.6. The first kappa shape index (κ1) is 20.9. The molecular formula is C19H25IN6O. The lowest BCUT2D eigenvalue weighted by Crippen LogP contribution is -2.41. The zero-order chi connectivity index (χ0) is 18.2. The van der Waals surface area contributed by atoms with E-state index in [0.29, 0.717) is 13.1 Å². The van der Waals surface area contributed by atoms with Crippen LogP contribution < -0.4 is 15.4 Å². The Morgan fingerprint density at radius 1 is 1.11 bits per heavy atom. The molecule has 2 aromatic heterocycles. The van der Waals surface area contributed by atoms with Gasteiger partial charge in [-0.3, -0.25) is 4.40 Å². The van der Waals surface area contributed by atoms with E-state index in [2.05, 4.69) is 25.8 Å². The summed E-state index contributed by atoms with van der Waals surface area (Å²) in [6.07, 6.45) is 1.95. The van der Waals surface area contributed by atoms with Gasteiger partial charge in [-0.25, -0.2) is 4.99 Å². The van der Waals surface area contributed by atoms with Crippen molar-refractivity contribution in [2.75, 3.05) is 13.1 Å². The lowest BCUT2D eigenvalue weighted by Gasteiger charge is -2.17. The molecule has 0 saturated heterocycles. The van der Waals surface area contributed by atoms with E-state index in [1.165, 1.54) is 0 Å². The standard InChI is InChI=1S/C19H24N6O.HI/c1-3-20-19(21-13-15(2)26-16-9-5-4-6-10-16)22-14-18-24-23-17-11-7-8-12-25(17)18;/h4-12,15H,3,13-14H2,1-2H3,(H2,20,21,22);1H. The highest BCUT2D eigenvalue weighted by molar-refractivity contribution is 14.0. The van der Waals surface area contributed by atoms with Gasteiger partial charge < -0.3 is 15.4 Å². The van der Waals surface area contributed by atoms with Crippen LogP contribution in [0.2, 0.25) is 0 Å². The number of halogens is 1. The Bertz CT molecular complexity index is 852. The second-order valence-corrected chi connectivity index (χ2v) is 5.86. The molecule has 0 saturated carbocycles. The lowest BCUT2D eigenvalue weighted by atomic mass is 10.3. The Balaban J connectivity index is 0.00000261. The van der Waals surface area contributed by atoms with Gasteiger partial charge in [0.2, 0.25) is 0 Å². The van der Waals surface area contributed by atoms with E-state index in [4.69, 9.17) is 4.74 Å². The predicted octanol–water partition coefficient (Wildman–Crippen LogP) is 2.87. The van der Waals surface area contributed by atoms with Gasteiger partial charge in [-0.1, -0.05) is 24.3 Å². The van der Waals surface area contributed by atoms with Gasteiger partial charge in [-0.2, -0.15) is 0 Å². The Labute approximate surface area is 176 Å². The van der Waals surface area contributed by atoms with Gasteiger partial charge in [-0.15, -0.1) is 34.2 Å². The maximum Gasteiger partial charge on any atom is 0.191 e. The maximum absolute atomic E-state index is 5.88. The number of aromatic nitrogens is 3. The first-order valence-corrected chi connectivity index (χ1v) is 8.79. The summed E-state index contributed by atoms with van der Waals surface area (Å²) in [5.74, 6) is 2.38. The summed E-state index contributed by atoms with van der Waals surface area (Å²) in [6.45, 7) is 5.92. The predicted molar refractivity (Wildman–Crippen MR) is 118 cm³/mol. The molecule has 3 aromatic rings. The molecule has 0 bridgehead atoms. The minimum Gasteiger partial charge on any atom is -0.489 e. The number of hydrogen-bond acceptors (Lipinski definition) is 4. The minimum atomic E-state index is 0. The smallest absolute Gasteiger partial charge is 0.191 e. The van der Waals surface area contributed by atoms with E-state index >= 15 is 0 Å². The zero-order valence-corrected chi connectivity index (χ0v) is 17.8. The zero-order valence-electron chi connectivity index (χ0n) is 15.5. The third-order valence-corrected chi connectivity index (χ3v) is 3.74. The fourth-order valence-corrected chi connectivity index (χ4v) is 2.50. The number of benzene rings is 1. The van der Waals surface area contributed by atoms with Crippen molar-refractivity contribution >= 4 is 35.6 Å². The van der Waals surface area contributed by atoms with Crippen molar-refractivity contribution in [2.45, 2.75) is 26.5 Å². The first-order chi connectivity index (χ1) is 12.8. The second-order valence-electron chi connectivity index (χ2n) is 5.86. The van der Waals surface area contributed by atoms with Gasteiger partial charge in [0.1, 0.15) is 18.4 Å². The molecule has 1 unspecified atom stereocenters. The van der Waals surface area contributed by atoms with Gasteiger partial charge in [-0.05, 0) is 38.1 Å². The Kier molecular flexibility index (Phi) is 8.31. The van der Waals surface area contributed by atoms with Crippen LogP contribution in [-0.2, 0) is 6.54 Å². The van der Waals surface area contributed by atoms with Crippen LogP contribution in [0.3, 0.4) is 0 Å². The van der Waals surface area contributed by atoms with Crippen LogP contribution >= 0.6 is 24.0 Å². The van der Waals surface area contributed by atoms with E-state index in [1.807, 2.05) is 73.0 Å². The van der Waals surface area contributed by atoms with Crippen LogP contribution in [0.25, 0.3) is 5.65 Å². The molecular weight excluding hydrogens is 455 g/mol. The Morgan fingerprint density at radius 3 is 2.67 bits per heavy atom. The summed E-state index contributed by atoms with van der Waals surface area (Å²) >= 11 is 0. The molecule has 7 nitrogen and oxygen atoms in total. The van der Waals surface area contributed by atoms with Crippen molar-refractivity contribution in [3.05, 3.63) is 60.6 Å². The first-order valence-electron chi connectivity index (χ1n) is 8.79. The Morgan fingerprint density at radius 2 is 1.89 bits per heavy atom. The van der Waals surface area contributed by atoms with Crippen molar-refractivity contribution in [3.8, 4) is 5.75 Å². The van der Waals surface area contributed by atoms with Crippen molar-refractivity contribution in [3.63, 3.8) is 0 Å². The van der Waals surface area contributed by atoms with Crippen molar-refractivity contribution < 1.29 is 4.74 Å². The monoisotopic (exact) mass is 480 g/mol. The number of para-hydroxylation sites is 1. The molecule has 0 aliphatic rings. The molecule has 2 N–H and O–H groups in total. The van der Waals surface area contributed by atoms with Gasteiger partial charge in [0.05, 0.1) is 6.54 Å². The van der Waals surface area contributed by atoms with Gasteiger partial charge in [0, 0.05) is 12.7 Å². The molecule has 8 heteroatoms.